The summed E-state index contributed by atoms with van der Waals surface area (Å²) in [5.41, 5.74) is 0. The summed E-state index contributed by atoms with van der Waals surface area (Å²) in [4.78, 5) is 9.99. The van der Waals surface area contributed by atoms with E-state index in [0.29, 0.717) is 12.0 Å². The molecule has 6 heteroatoms. The molecule has 0 radical (unpaired) electrons. The lowest BCUT2D eigenvalue weighted by Gasteiger charge is -2.25. The third-order valence-electron chi connectivity index (χ3n) is 4.96. The topological polar surface area (TPSA) is 44.0 Å². The summed E-state index contributed by atoms with van der Waals surface area (Å²) >= 11 is 0. The Labute approximate surface area is 169 Å². The van der Waals surface area contributed by atoms with Gasteiger partial charge in [-0.2, -0.15) is 0 Å². The second-order valence-electron chi connectivity index (χ2n) is 7.45. The molecule has 2 fully saturated rings. The minimum absolute atomic E-state index is 0. The quantitative estimate of drug-likeness (QED) is 0.402. The van der Waals surface area contributed by atoms with E-state index in [4.69, 9.17) is 9.41 Å². The van der Waals surface area contributed by atoms with Crippen LogP contribution in [0.25, 0.3) is 0 Å². The predicted molar refractivity (Wildman–Crippen MR) is 114 cm³/mol. The second-order valence-corrected chi connectivity index (χ2v) is 7.45. The van der Waals surface area contributed by atoms with Crippen LogP contribution in [0.5, 0.6) is 0 Å². The Morgan fingerprint density at radius 2 is 2.12 bits per heavy atom. The largest absolute Gasteiger partial charge is 0.469 e. The number of furan rings is 1. The highest BCUT2D eigenvalue weighted by Crippen LogP contribution is 2.20. The van der Waals surface area contributed by atoms with E-state index in [-0.39, 0.29) is 24.0 Å². The summed E-state index contributed by atoms with van der Waals surface area (Å²) in [6, 6.07) is 4.69. The summed E-state index contributed by atoms with van der Waals surface area (Å²) < 4.78 is 5.42. The fourth-order valence-electron chi connectivity index (χ4n) is 3.63. The Hall–Kier alpha value is -0.760. The third kappa shape index (κ3) is 6.16. The smallest absolute Gasteiger partial charge is 0.193 e. The van der Waals surface area contributed by atoms with Crippen molar-refractivity contribution < 1.29 is 4.42 Å². The van der Waals surface area contributed by atoms with Crippen molar-refractivity contribution in [2.75, 3.05) is 39.3 Å². The van der Waals surface area contributed by atoms with Crippen LogP contribution in [0.3, 0.4) is 0 Å². The van der Waals surface area contributed by atoms with Gasteiger partial charge in [0.2, 0.25) is 0 Å². The molecule has 3 heterocycles. The third-order valence-corrected chi connectivity index (χ3v) is 4.96. The van der Waals surface area contributed by atoms with Gasteiger partial charge in [0.1, 0.15) is 5.76 Å². The molecule has 1 atom stereocenters. The molecule has 1 unspecified atom stereocenters. The Morgan fingerprint density at radius 1 is 1.32 bits per heavy atom. The summed E-state index contributed by atoms with van der Waals surface area (Å²) in [5.74, 6) is 2.70. The highest BCUT2D eigenvalue weighted by Gasteiger charge is 2.30. The van der Waals surface area contributed by atoms with E-state index in [1.807, 2.05) is 12.1 Å². The van der Waals surface area contributed by atoms with Gasteiger partial charge in [0, 0.05) is 38.6 Å². The molecule has 0 amide bonds. The van der Waals surface area contributed by atoms with Crippen LogP contribution in [0.15, 0.2) is 27.8 Å². The number of nitrogens with one attached hydrogen (secondary N) is 1. The number of hydrogen-bond donors (Lipinski definition) is 1. The Morgan fingerprint density at radius 3 is 2.80 bits per heavy atom. The molecule has 1 N–H and O–H groups in total. The number of hydrogen-bond acceptors (Lipinski definition) is 3. The predicted octanol–water partition coefficient (Wildman–Crippen LogP) is 3.21. The van der Waals surface area contributed by atoms with Gasteiger partial charge in [-0.15, -0.1) is 24.0 Å². The SMILES string of the molecule is CC(C)CN=C(NCCc1ccco1)N1CCC(N2CCCC2)C1.I. The normalized spacial score (nSPS) is 21.8. The van der Waals surface area contributed by atoms with Crippen molar-refractivity contribution in [1.82, 2.24) is 15.1 Å². The first-order chi connectivity index (χ1) is 11.7. The van der Waals surface area contributed by atoms with Crippen LogP contribution in [0.2, 0.25) is 0 Å². The van der Waals surface area contributed by atoms with Crippen molar-refractivity contribution in [1.29, 1.82) is 0 Å². The Balaban J connectivity index is 0.00000225. The van der Waals surface area contributed by atoms with Crippen molar-refractivity contribution in [3.8, 4) is 0 Å². The van der Waals surface area contributed by atoms with Crippen molar-refractivity contribution in [2.24, 2.45) is 10.9 Å². The lowest BCUT2D eigenvalue weighted by molar-refractivity contribution is 0.249. The summed E-state index contributed by atoms with van der Waals surface area (Å²) in [7, 11) is 0. The van der Waals surface area contributed by atoms with Crippen LogP contribution in [0, 0.1) is 5.92 Å². The van der Waals surface area contributed by atoms with Gasteiger partial charge in [-0.3, -0.25) is 9.89 Å². The molecule has 0 aromatic carbocycles. The Bertz CT molecular complexity index is 512. The van der Waals surface area contributed by atoms with Gasteiger partial charge < -0.3 is 14.6 Å². The second kappa shape index (κ2) is 10.4. The van der Waals surface area contributed by atoms with E-state index in [2.05, 4.69) is 29.0 Å². The molecular weight excluding hydrogens is 427 g/mol. The van der Waals surface area contributed by atoms with Crippen LogP contribution in [0.1, 0.15) is 38.9 Å². The fraction of sp³-hybridized carbons (Fsp3) is 0.737. The Kier molecular flexibility index (Phi) is 8.55. The first kappa shape index (κ1) is 20.6. The van der Waals surface area contributed by atoms with Gasteiger partial charge in [0.15, 0.2) is 5.96 Å². The summed E-state index contributed by atoms with van der Waals surface area (Å²) in [6.07, 6.45) is 6.64. The van der Waals surface area contributed by atoms with E-state index in [1.165, 1.54) is 32.4 Å². The van der Waals surface area contributed by atoms with Gasteiger partial charge >= 0.3 is 0 Å². The van der Waals surface area contributed by atoms with Crippen molar-refractivity contribution in [3.63, 3.8) is 0 Å². The average Bonchev–Trinajstić information content (AvgIpc) is 3.32. The zero-order chi connectivity index (χ0) is 16.8. The van der Waals surface area contributed by atoms with E-state index >= 15 is 0 Å². The van der Waals surface area contributed by atoms with E-state index < -0.39 is 0 Å². The van der Waals surface area contributed by atoms with E-state index in [0.717, 1.165) is 44.3 Å². The number of guanidine groups is 1. The van der Waals surface area contributed by atoms with Crippen molar-refractivity contribution >= 4 is 29.9 Å². The molecule has 0 bridgehead atoms. The average molecular weight is 460 g/mol. The highest BCUT2D eigenvalue weighted by molar-refractivity contribution is 14.0. The molecule has 2 saturated heterocycles. The van der Waals surface area contributed by atoms with E-state index in [9.17, 15) is 0 Å². The summed E-state index contributed by atoms with van der Waals surface area (Å²) in [6.45, 7) is 11.0. The first-order valence-electron chi connectivity index (χ1n) is 9.52. The molecule has 0 spiro atoms. The van der Waals surface area contributed by atoms with Gasteiger partial charge in [-0.25, -0.2) is 0 Å². The molecule has 25 heavy (non-hydrogen) atoms. The number of rotatable bonds is 6. The van der Waals surface area contributed by atoms with E-state index in [1.54, 1.807) is 6.26 Å². The maximum atomic E-state index is 5.42. The van der Waals surface area contributed by atoms with Crippen molar-refractivity contribution in [3.05, 3.63) is 24.2 Å². The van der Waals surface area contributed by atoms with Gasteiger partial charge in [0.25, 0.3) is 0 Å². The fourth-order valence-corrected chi connectivity index (χ4v) is 3.63. The van der Waals surface area contributed by atoms with Gasteiger partial charge in [-0.05, 0) is 50.4 Å². The lowest BCUT2D eigenvalue weighted by atomic mass is 10.2. The first-order valence-corrected chi connectivity index (χ1v) is 9.52. The summed E-state index contributed by atoms with van der Waals surface area (Å²) in [5, 5.41) is 3.56. The van der Waals surface area contributed by atoms with Gasteiger partial charge in [0.05, 0.1) is 6.26 Å². The van der Waals surface area contributed by atoms with Crippen LogP contribution in [0.4, 0.5) is 0 Å². The van der Waals surface area contributed by atoms with Crippen LogP contribution < -0.4 is 5.32 Å². The number of halogens is 1. The molecule has 2 aliphatic heterocycles. The molecule has 3 rings (SSSR count). The van der Waals surface area contributed by atoms with Crippen LogP contribution in [-0.2, 0) is 6.42 Å². The molecule has 0 saturated carbocycles. The van der Waals surface area contributed by atoms with Crippen LogP contribution >= 0.6 is 24.0 Å². The number of nitrogens with zero attached hydrogens (tertiary/aromatic N) is 3. The molecule has 5 nitrogen and oxygen atoms in total. The van der Waals surface area contributed by atoms with Gasteiger partial charge in [-0.1, -0.05) is 13.8 Å². The molecule has 1 aromatic rings. The van der Waals surface area contributed by atoms with Crippen molar-refractivity contribution in [2.45, 2.75) is 45.6 Å². The number of aliphatic imine (C=N–C) groups is 1. The zero-order valence-electron chi connectivity index (χ0n) is 15.6. The minimum atomic E-state index is 0. The number of likely N-dealkylation sites (tertiary alicyclic amines) is 2. The lowest BCUT2D eigenvalue weighted by Crippen LogP contribution is -2.43. The highest BCUT2D eigenvalue weighted by atomic mass is 127. The minimum Gasteiger partial charge on any atom is -0.469 e. The molecule has 0 aliphatic carbocycles. The standard InChI is InChI=1S/C19H32N4O.HI/c1-16(2)14-21-19(20-9-7-18-6-5-13-24-18)23-12-8-17(15-23)22-10-3-4-11-22;/h5-6,13,16-17H,3-4,7-12,14-15H2,1-2H3,(H,20,21);1H. The maximum absolute atomic E-state index is 5.42. The molecule has 142 valence electrons. The monoisotopic (exact) mass is 460 g/mol. The maximum Gasteiger partial charge on any atom is 0.193 e. The van der Waals surface area contributed by atoms with Crippen LogP contribution in [-0.4, -0.2) is 61.1 Å². The molecule has 2 aliphatic rings. The molecular formula is C19H33IN4O. The zero-order valence-corrected chi connectivity index (χ0v) is 17.9. The molecule has 1 aromatic heterocycles.